The first kappa shape index (κ1) is 5.84. The fourth-order valence-electron chi connectivity index (χ4n) is 0.167. The van der Waals surface area contributed by atoms with E-state index in [2.05, 4.69) is 14.6 Å². The Morgan fingerprint density at radius 1 is 1.00 bits per heavy atom. The van der Waals surface area contributed by atoms with Gasteiger partial charge in [0.1, 0.15) is 0 Å². The van der Waals surface area contributed by atoms with Crippen molar-refractivity contribution in [1.82, 2.24) is 0 Å². The van der Waals surface area contributed by atoms with Gasteiger partial charge in [0.15, 0.2) is 0 Å². The third-order valence-corrected chi connectivity index (χ3v) is 0.667. The summed E-state index contributed by atoms with van der Waals surface area (Å²) in [5, 5.41) is 0. The van der Waals surface area contributed by atoms with Gasteiger partial charge in [-0.15, -0.1) is 12.4 Å². The molecule has 0 aromatic heterocycles. The van der Waals surface area contributed by atoms with Crippen molar-refractivity contribution in [2.75, 3.05) is 0 Å². The van der Waals surface area contributed by atoms with Crippen LogP contribution in [0.3, 0.4) is 0 Å². The van der Waals surface area contributed by atoms with Crippen LogP contribution < -0.4 is 0 Å². The van der Waals surface area contributed by atoms with Crippen molar-refractivity contribution in [2.24, 2.45) is 0 Å². The largest absolute Gasteiger partial charge is 0.108 e. The maximum absolute atomic E-state index is 2.25. The molecule has 5 heavy (non-hydrogen) atoms. The van der Waals surface area contributed by atoms with Gasteiger partial charge in [-0.3, -0.25) is 0 Å². The van der Waals surface area contributed by atoms with Crippen LogP contribution in [0.5, 0.6) is 0 Å². The summed E-state index contributed by atoms with van der Waals surface area (Å²) in [5.41, 5.74) is 0. The van der Waals surface area contributed by atoms with Crippen LogP contribution in [-0.4, -0.2) is 14.6 Å². The summed E-state index contributed by atoms with van der Waals surface area (Å²) in [6, 6.07) is 0. The molecule has 0 spiro atoms. The van der Waals surface area contributed by atoms with Gasteiger partial charge in [0.2, 0.25) is 0 Å². The van der Waals surface area contributed by atoms with Gasteiger partial charge < -0.3 is 0 Å². The standard InChI is InChI=1S/C2H4B2.Ti/c1-3-2-4-1;/h1-2H2;. The van der Waals surface area contributed by atoms with Gasteiger partial charge in [0, 0.05) is 21.7 Å². The SMILES string of the molecule is [B]1C[B]C1.[Ti]. The maximum atomic E-state index is 2.25. The van der Waals surface area contributed by atoms with Gasteiger partial charge in [-0.05, 0) is 0 Å². The van der Waals surface area contributed by atoms with Crippen molar-refractivity contribution >= 4 is 14.6 Å². The predicted molar refractivity (Wildman–Crippen MR) is 21.1 cm³/mol. The van der Waals surface area contributed by atoms with E-state index in [0.717, 1.165) is 0 Å². The van der Waals surface area contributed by atoms with E-state index in [1.807, 2.05) is 0 Å². The molecule has 0 nitrogen and oxygen atoms in total. The first-order valence-electron chi connectivity index (χ1n) is 1.63. The minimum absolute atomic E-state index is 0. The zero-order valence-electron chi connectivity index (χ0n) is 3.07. The Hall–Kier alpha value is 0.844. The van der Waals surface area contributed by atoms with Crippen molar-refractivity contribution in [3.8, 4) is 0 Å². The van der Waals surface area contributed by atoms with E-state index in [-0.39, 0.29) is 21.7 Å². The monoisotopic (exact) mass is 98.0 g/mol. The van der Waals surface area contributed by atoms with Crippen molar-refractivity contribution in [2.45, 2.75) is 12.4 Å². The molecule has 0 aromatic rings. The third-order valence-electron chi connectivity index (χ3n) is 0.667. The van der Waals surface area contributed by atoms with Crippen molar-refractivity contribution in [3.63, 3.8) is 0 Å². The van der Waals surface area contributed by atoms with Gasteiger partial charge in [-0.2, -0.15) is 0 Å². The van der Waals surface area contributed by atoms with Crippen LogP contribution >= 0.6 is 0 Å². The molecule has 0 atom stereocenters. The summed E-state index contributed by atoms with van der Waals surface area (Å²) in [5.74, 6) is 0. The Balaban J connectivity index is 0.000000160. The molecule has 1 aliphatic heterocycles. The van der Waals surface area contributed by atoms with Crippen molar-refractivity contribution in [3.05, 3.63) is 0 Å². The summed E-state index contributed by atoms with van der Waals surface area (Å²) in [6.07, 6.45) is 2.50. The summed E-state index contributed by atoms with van der Waals surface area (Å²) >= 11 is 0. The van der Waals surface area contributed by atoms with E-state index in [1.54, 1.807) is 0 Å². The summed E-state index contributed by atoms with van der Waals surface area (Å²) < 4.78 is 0. The summed E-state index contributed by atoms with van der Waals surface area (Å²) in [6.45, 7) is 0. The second kappa shape index (κ2) is 3.05. The molecule has 2 radical (unpaired) electrons. The van der Waals surface area contributed by atoms with Crippen LogP contribution in [0.15, 0.2) is 0 Å². The molecule has 1 saturated heterocycles. The first-order chi connectivity index (χ1) is 2.00. The maximum Gasteiger partial charge on any atom is 0.0913 e. The molecule has 0 unspecified atom stereocenters. The van der Waals surface area contributed by atoms with Crippen LogP contribution in [0.25, 0.3) is 0 Å². The minimum atomic E-state index is 0. The number of hydrogen-bond donors (Lipinski definition) is 0. The molecule has 3 heteroatoms. The Labute approximate surface area is 49.1 Å². The molecule has 1 aliphatic rings. The van der Waals surface area contributed by atoms with E-state index in [4.69, 9.17) is 0 Å². The fourth-order valence-corrected chi connectivity index (χ4v) is 0.167. The van der Waals surface area contributed by atoms with Crippen molar-refractivity contribution in [1.29, 1.82) is 0 Å². The average molecular weight is 97.5 g/mol. The van der Waals surface area contributed by atoms with E-state index in [1.165, 1.54) is 12.4 Å². The van der Waals surface area contributed by atoms with E-state index in [0.29, 0.717) is 0 Å². The minimum Gasteiger partial charge on any atom is -0.108 e. The Bertz CT molecular complexity index is 15.6. The van der Waals surface area contributed by atoms with Crippen LogP contribution in [0.2, 0.25) is 12.4 Å². The van der Waals surface area contributed by atoms with Gasteiger partial charge in [0.25, 0.3) is 0 Å². The topological polar surface area (TPSA) is 0 Å². The summed E-state index contributed by atoms with van der Waals surface area (Å²) in [4.78, 5) is 0. The van der Waals surface area contributed by atoms with Crippen LogP contribution in [-0.2, 0) is 21.7 Å². The molecule has 1 rings (SSSR count). The molecule has 1 heterocycles. The van der Waals surface area contributed by atoms with Crippen LogP contribution in [0, 0.1) is 0 Å². The first-order valence-corrected chi connectivity index (χ1v) is 1.63. The predicted octanol–water partition coefficient (Wildman–Crippen LogP) is 0.157. The van der Waals surface area contributed by atoms with Crippen LogP contribution in [0.1, 0.15) is 0 Å². The molecule has 0 N–H and O–H groups in total. The van der Waals surface area contributed by atoms with Crippen LogP contribution in [0.4, 0.5) is 0 Å². The van der Waals surface area contributed by atoms with Gasteiger partial charge in [-0.25, -0.2) is 0 Å². The van der Waals surface area contributed by atoms with Gasteiger partial charge in [-0.1, -0.05) is 0 Å². The molecular weight excluding hydrogens is 93.5 g/mol. The molecule has 22 valence electrons. The second-order valence-corrected chi connectivity index (χ2v) is 1.05. The summed E-state index contributed by atoms with van der Waals surface area (Å²) in [7, 11) is 4.50. The van der Waals surface area contributed by atoms with E-state index < -0.39 is 0 Å². The molecule has 0 aliphatic carbocycles. The van der Waals surface area contributed by atoms with Gasteiger partial charge >= 0.3 is 0 Å². The molecular formula is C2H4B2Ti. The molecule has 0 bridgehead atoms. The zero-order valence-corrected chi connectivity index (χ0v) is 4.63. The van der Waals surface area contributed by atoms with Gasteiger partial charge in [0.05, 0.1) is 14.6 Å². The number of rotatable bonds is 0. The normalized spacial score (nSPS) is 16.0. The zero-order chi connectivity index (χ0) is 2.83. The number of hydrogen-bond acceptors (Lipinski definition) is 0. The van der Waals surface area contributed by atoms with E-state index >= 15 is 0 Å². The fraction of sp³-hybridized carbons (Fsp3) is 1.00. The van der Waals surface area contributed by atoms with Crippen molar-refractivity contribution < 1.29 is 21.7 Å². The van der Waals surface area contributed by atoms with E-state index in [9.17, 15) is 0 Å². The molecule has 0 aromatic carbocycles. The Morgan fingerprint density at radius 2 is 1.20 bits per heavy atom. The average Bonchev–Trinajstić information content (AvgIpc) is 0.722. The molecule has 0 saturated carbocycles. The quantitative estimate of drug-likeness (QED) is 0.378. The Morgan fingerprint density at radius 3 is 1.20 bits per heavy atom. The second-order valence-electron chi connectivity index (χ2n) is 1.05. The smallest absolute Gasteiger partial charge is 0.0913 e. The Kier molecular flexibility index (Phi) is 3.57. The molecule has 0 amide bonds. The molecule has 1 fully saturated rings. The third kappa shape index (κ3) is 1.67.